The summed E-state index contributed by atoms with van der Waals surface area (Å²) in [5.41, 5.74) is 1.12. The molecule has 0 radical (unpaired) electrons. The van der Waals surface area contributed by atoms with Crippen molar-refractivity contribution in [3.8, 4) is 0 Å². The smallest absolute Gasteiger partial charge is 0.338 e. The van der Waals surface area contributed by atoms with Crippen LogP contribution in [0.2, 0.25) is 0 Å². The molecule has 0 N–H and O–H groups in total. The number of hydrogen-bond acceptors (Lipinski definition) is 7. The Bertz CT molecular complexity index is 1160. The Morgan fingerprint density at radius 2 is 1.15 bits per heavy atom. The third kappa shape index (κ3) is 5.89. The van der Waals surface area contributed by atoms with Gasteiger partial charge in [0.2, 0.25) is 0 Å². The van der Waals surface area contributed by atoms with Crippen LogP contribution in [0.25, 0.3) is 0 Å². The van der Waals surface area contributed by atoms with Crippen LogP contribution in [0.5, 0.6) is 0 Å². The number of carbonyl (C=O) groups excluding carboxylic acids is 3. The normalized spacial score (nSPS) is 17.0. The lowest BCUT2D eigenvalue weighted by molar-refractivity contribution is -0.0581. The van der Waals surface area contributed by atoms with Gasteiger partial charge in [-0.1, -0.05) is 54.6 Å². The first-order valence-electron chi connectivity index (χ1n) is 10.7. The fourth-order valence-corrected chi connectivity index (χ4v) is 3.26. The van der Waals surface area contributed by atoms with Crippen molar-refractivity contribution in [2.24, 2.45) is 0 Å². The van der Waals surface area contributed by atoms with Crippen molar-refractivity contribution in [1.29, 1.82) is 0 Å². The summed E-state index contributed by atoms with van der Waals surface area (Å²) in [7, 11) is 0. The second-order valence-corrected chi connectivity index (χ2v) is 7.43. The van der Waals surface area contributed by atoms with E-state index in [-0.39, 0.29) is 13.2 Å². The Morgan fingerprint density at radius 1 is 0.676 bits per heavy atom. The first-order valence-corrected chi connectivity index (χ1v) is 10.7. The molecule has 3 aromatic rings. The van der Waals surface area contributed by atoms with Gasteiger partial charge in [0.05, 0.1) is 16.7 Å². The minimum absolute atomic E-state index is 0.0694. The van der Waals surface area contributed by atoms with Gasteiger partial charge < -0.3 is 18.9 Å². The fourth-order valence-electron chi connectivity index (χ4n) is 3.26. The molecule has 0 fully saturated rings. The highest BCUT2D eigenvalue weighted by Crippen LogP contribution is 2.21. The Labute approximate surface area is 196 Å². The van der Waals surface area contributed by atoms with Gasteiger partial charge in [0.1, 0.15) is 19.0 Å². The minimum atomic E-state index is -0.931. The van der Waals surface area contributed by atoms with Crippen molar-refractivity contribution in [2.45, 2.75) is 12.2 Å². The zero-order valence-corrected chi connectivity index (χ0v) is 18.2. The summed E-state index contributed by atoms with van der Waals surface area (Å²) in [5.74, 6) is -1.37. The molecule has 1 aliphatic heterocycles. The molecule has 4 rings (SSSR count). The third-order valence-electron chi connectivity index (χ3n) is 5.03. The first kappa shape index (κ1) is 22.8. The van der Waals surface area contributed by atoms with Crippen LogP contribution < -0.4 is 0 Å². The molecule has 0 bridgehead atoms. The molecule has 0 saturated carbocycles. The molecule has 34 heavy (non-hydrogen) atoms. The number of benzene rings is 3. The number of carbonyl (C=O) groups is 3. The van der Waals surface area contributed by atoms with Gasteiger partial charge in [-0.3, -0.25) is 0 Å². The summed E-state index contributed by atoms with van der Waals surface area (Å²) in [6.07, 6.45) is -0.320. The quantitative estimate of drug-likeness (QED) is 0.387. The van der Waals surface area contributed by atoms with E-state index < -0.39 is 30.1 Å². The van der Waals surface area contributed by atoms with Gasteiger partial charge in [0.25, 0.3) is 0 Å². The first-order chi connectivity index (χ1) is 16.6. The van der Waals surface area contributed by atoms with Gasteiger partial charge in [-0.25, -0.2) is 14.4 Å². The molecule has 0 aromatic heterocycles. The van der Waals surface area contributed by atoms with Crippen molar-refractivity contribution in [3.63, 3.8) is 0 Å². The second-order valence-electron chi connectivity index (χ2n) is 7.43. The average Bonchev–Trinajstić information content (AvgIpc) is 2.90. The lowest BCUT2D eigenvalue weighted by atomic mass is 10.1. The molecule has 1 aliphatic rings. The van der Waals surface area contributed by atoms with Gasteiger partial charge in [0.15, 0.2) is 12.2 Å². The van der Waals surface area contributed by atoms with Crippen molar-refractivity contribution >= 4 is 17.9 Å². The van der Waals surface area contributed by atoms with Crippen LogP contribution in [0, 0.1) is 0 Å². The predicted molar refractivity (Wildman–Crippen MR) is 122 cm³/mol. The summed E-state index contributed by atoms with van der Waals surface area (Å²) in [5, 5.41) is 0. The van der Waals surface area contributed by atoms with Crippen LogP contribution in [0.1, 0.15) is 31.1 Å². The monoisotopic (exact) mass is 458 g/mol. The SMILES string of the molecule is O=C(OCC1=C[C@H](OC(=O)c2ccccc2)[C@@H](OC(=O)c2ccccc2)CO1)c1ccccc1. The summed E-state index contributed by atoms with van der Waals surface area (Å²) in [6.45, 7) is -0.230. The molecule has 0 unspecified atom stereocenters. The highest BCUT2D eigenvalue weighted by atomic mass is 16.6. The maximum atomic E-state index is 12.7. The zero-order chi connectivity index (χ0) is 23.8. The largest absolute Gasteiger partial charge is 0.490 e. The van der Waals surface area contributed by atoms with E-state index in [2.05, 4.69) is 0 Å². The Balaban J connectivity index is 1.47. The Morgan fingerprint density at radius 3 is 1.68 bits per heavy atom. The molecule has 7 nitrogen and oxygen atoms in total. The minimum Gasteiger partial charge on any atom is -0.490 e. The highest BCUT2D eigenvalue weighted by Gasteiger charge is 2.33. The van der Waals surface area contributed by atoms with Gasteiger partial charge in [-0.15, -0.1) is 0 Å². The Kier molecular flexibility index (Phi) is 7.35. The molecule has 0 aliphatic carbocycles. The molecule has 1 heterocycles. The predicted octanol–water partition coefficient (Wildman–Crippen LogP) is 4.21. The molecular weight excluding hydrogens is 436 g/mol. The van der Waals surface area contributed by atoms with Gasteiger partial charge in [-0.05, 0) is 36.4 Å². The van der Waals surface area contributed by atoms with E-state index in [0.29, 0.717) is 22.4 Å². The van der Waals surface area contributed by atoms with Gasteiger partial charge in [-0.2, -0.15) is 0 Å². The molecule has 0 amide bonds. The average molecular weight is 458 g/mol. The lowest BCUT2D eigenvalue weighted by Gasteiger charge is -2.30. The summed E-state index contributed by atoms with van der Waals surface area (Å²) >= 11 is 0. The van der Waals surface area contributed by atoms with E-state index in [4.69, 9.17) is 18.9 Å². The second kappa shape index (κ2) is 11.0. The third-order valence-corrected chi connectivity index (χ3v) is 5.03. The molecule has 7 heteroatoms. The molecule has 0 saturated heterocycles. The van der Waals surface area contributed by atoms with Gasteiger partial charge in [0, 0.05) is 6.08 Å². The van der Waals surface area contributed by atoms with Crippen molar-refractivity contribution in [1.82, 2.24) is 0 Å². The summed E-state index contributed by atoms with van der Waals surface area (Å²) in [6, 6.07) is 25.5. The van der Waals surface area contributed by atoms with Crippen LogP contribution in [0.15, 0.2) is 103 Å². The number of esters is 3. The van der Waals surface area contributed by atoms with Crippen LogP contribution in [0.4, 0.5) is 0 Å². The molecule has 172 valence electrons. The maximum Gasteiger partial charge on any atom is 0.338 e. The van der Waals surface area contributed by atoms with Crippen LogP contribution in [-0.4, -0.2) is 43.3 Å². The van der Waals surface area contributed by atoms with E-state index in [9.17, 15) is 14.4 Å². The lowest BCUT2D eigenvalue weighted by Crippen LogP contribution is -2.41. The van der Waals surface area contributed by atoms with Crippen molar-refractivity contribution in [2.75, 3.05) is 13.2 Å². The molecule has 0 spiro atoms. The summed E-state index contributed by atoms with van der Waals surface area (Å²) in [4.78, 5) is 37.5. The van der Waals surface area contributed by atoms with Crippen LogP contribution in [-0.2, 0) is 18.9 Å². The Hall–Kier alpha value is -4.39. The van der Waals surface area contributed by atoms with E-state index in [0.717, 1.165) is 0 Å². The number of ether oxygens (including phenoxy) is 4. The van der Waals surface area contributed by atoms with E-state index in [1.807, 2.05) is 0 Å². The highest BCUT2D eigenvalue weighted by molar-refractivity contribution is 5.90. The molecule has 2 atom stereocenters. The van der Waals surface area contributed by atoms with Crippen molar-refractivity contribution in [3.05, 3.63) is 120 Å². The molecular formula is C27H22O7. The van der Waals surface area contributed by atoms with Crippen molar-refractivity contribution < 1.29 is 33.3 Å². The fraction of sp³-hybridized carbons (Fsp3) is 0.148. The summed E-state index contributed by atoms with van der Waals surface area (Å²) < 4.78 is 22.2. The molecule has 3 aromatic carbocycles. The maximum absolute atomic E-state index is 12.7. The number of hydrogen-bond donors (Lipinski definition) is 0. The standard InChI is InChI=1S/C27H22O7/c28-25(19-10-4-1-5-11-19)32-17-22-16-23(33-26(29)20-12-6-2-7-13-20)24(18-31-22)34-27(30)21-14-8-3-9-15-21/h1-16,23-24H,17-18H2/t23-,24-/m0/s1. The van der Waals surface area contributed by atoms with Crippen LogP contribution >= 0.6 is 0 Å². The van der Waals surface area contributed by atoms with Gasteiger partial charge >= 0.3 is 17.9 Å². The van der Waals surface area contributed by atoms with E-state index in [1.165, 1.54) is 6.08 Å². The van der Waals surface area contributed by atoms with E-state index in [1.54, 1.807) is 91.0 Å². The van der Waals surface area contributed by atoms with Crippen LogP contribution in [0.3, 0.4) is 0 Å². The number of rotatable bonds is 7. The van der Waals surface area contributed by atoms with E-state index >= 15 is 0 Å². The topological polar surface area (TPSA) is 88.1 Å². The zero-order valence-electron chi connectivity index (χ0n) is 18.2.